The van der Waals surface area contributed by atoms with Crippen LogP contribution in [0.3, 0.4) is 0 Å². The number of nitrogens with zero attached hydrogens (tertiary/aromatic N) is 2. The van der Waals surface area contributed by atoms with Gasteiger partial charge in [-0.3, -0.25) is 0 Å². The van der Waals surface area contributed by atoms with Gasteiger partial charge in [-0.25, -0.2) is 9.97 Å². The summed E-state index contributed by atoms with van der Waals surface area (Å²) in [5.74, 6) is 3.27. The average Bonchev–Trinajstić information content (AvgIpc) is 2.45. The van der Waals surface area contributed by atoms with Crippen molar-refractivity contribution in [2.24, 2.45) is 11.8 Å². The van der Waals surface area contributed by atoms with Crippen LogP contribution in [0.25, 0.3) is 0 Å². The zero-order valence-electron chi connectivity index (χ0n) is 12.2. The first-order valence-corrected chi connectivity index (χ1v) is 7.57. The van der Waals surface area contributed by atoms with Crippen LogP contribution >= 0.6 is 0 Å². The number of aromatic nitrogens is 2. The van der Waals surface area contributed by atoms with Gasteiger partial charge in [-0.1, -0.05) is 33.1 Å². The van der Waals surface area contributed by atoms with Gasteiger partial charge in [0.2, 0.25) is 0 Å². The van der Waals surface area contributed by atoms with E-state index in [0.717, 1.165) is 36.2 Å². The van der Waals surface area contributed by atoms with E-state index in [1.54, 1.807) is 6.33 Å². The van der Waals surface area contributed by atoms with E-state index in [9.17, 15) is 0 Å². The minimum absolute atomic E-state index is 0.606. The first-order chi connectivity index (χ1) is 9.24. The quantitative estimate of drug-likeness (QED) is 0.855. The number of hydrogen-bond donors (Lipinski definition) is 2. The molecule has 3 N–H and O–H groups in total. The number of anilines is 2. The molecular formula is C15H26N4. The minimum atomic E-state index is 0.606. The Bertz CT molecular complexity index is 397. The molecule has 2 rings (SSSR count). The van der Waals surface area contributed by atoms with Crippen LogP contribution in [-0.2, 0) is 6.42 Å². The molecule has 0 radical (unpaired) electrons. The van der Waals surface area contributed by atoms with Crippen molar-refractivity contribution in [3.05, 3.63) is 11.9 Å². The molecule has 1 aliphatic rings. The fourth-order valence-electron chi connectivity index (χ4n) is 3.01. The fourth-order valence-corrected chi connectivity index (χ4v) is 3.01. The third-order valence-electron chi connectivity index (χ3n) is 4.43. The van der Waals surface area contributed by atoms with Crippen LogP contribution in [0.1, 0.15) is 51.5 Å². The van der Waals surface area contributed by atoms with E-state index < -0.39 is 0 Å². The van der Waals surface area contributed by atoms with Crippen LogP contribution in [0, 0.1) is 11.8 Å². The predicted octanol–water partition coefficient (Wildman–Crippen LogP) is 3.25. The highest BCUT2D eigenvalue weighted by Gasteiger charge is 2.20. The maximum atomic E-state index is 5.89. The van der Waals surface area contributed by atoms with Crippen molar-refractivity contribution >= 4 is 11.6 Å². The second-order valence-corrected chi connectivity index (χ2v) is 5.62. The third-order valence-corrected chi connectivity index (χ3v) is 4.43. The molecule has 0 saturated heterocycles. The molecule has 0 amide bonds. The van der Waals surface area contributed by atoms with Gasteiger partial charge in [-0.05, 0) is 31.1 Å². The highest BCUT2D eigenvalue weighted by Crippen LogP contribution is 2.30. The highest BCUT2D eigenvalue weighted by molar-refractivity contribution is 5.54. The lowest BCUT2D eigenvalue weighted by Gasteiger charge is -2.28. The Balaban J connectivity index is 1.88. The summed E-state index contributed by atoms with van der Waals surface area (Å²) in [5, 5.41) is 3.48. The molecule has 1 aromatic heterocycles. The van der Waals surface area contributed by atoms with Crippen molar-refractivity contribution in [1.29, 1.82) is 0 Å². The molecule has 1 aromatic rings. The summed E-state index contributed by atoms with van der Waals surface area (Å²) in [6.45, 7) is 5.41. The summed E-state index contributed by atoms with van der Waals surface area (Å²) in [6.07, 6.45) is 9.21. The summed E-state index contributed by atoms with van der Waals surface area (Å²) in [4.78, 5) is 8.38. The minimum Gasteiger partial charge on any atom is -0.383 e. The smallest absolute Gasteiger partial charge is 0.134 e. The molecule has 1 aliphatic carbocycles. The zero-order valence-corrected chi connectivity index (χ0v) is 12.2. The Morgan fingerprint density at radius 3 is 2.47 bits per heavy atom. The molecule has 19 heavy (non-hydrogen) atoms. The molecule has 4 nitrogen and oxygen atoms in total. The monoisotopic (exact) mass is 262 g/mol. The summed E-state index contributed by atoms with van der Waals surface area (Å²) >= 11 is 0. The first kappa shape index (κ1) is 14.1. The fraction of sp³-hybridized carbons (Fsp3) is 0.733. The molecule has 1 heterocycles. The third kappa shape index (κ3) is 3.58. The van der Waals surface area contributed by atoms with E-state index in [4.69, 9.17) is 5.73 Å². The average molecular weight is 262 g/mol. The van der Waals surface area contributed by atoms with Gasteiger partial charge in [-0.15, -0.1) is 0 Å². The predicted molar refractivity (Wildman–Crippen MR) is 80.1 cm³/mol. The van der Waals surface area contributed by atoms with Crippen molar-refractivity contribution in [3.8, 4) is 0 Å². The van der Waals surface area contributed by atoms with Gasteiger partial charge in [0.25, 0.3) is 0 Å². The molecule has 0 aromatic carbocycles. The van der Waals surface area contributed by atoms with Crippen molar-refractivity contribution in [2.75, 3.05) is 17.6 Å². The maximum Gasteiger partial charge on any atom is 0.134 e. The van der Waals surface area contributed by atoms with Gasteiger partial charge in [0, 0.05) is 12.1 Å². The number of hydrogen-bond acceptors (Lipinski definition) is 4. The summed E-state index contributed by atoms with van der Waals surface area (Å²) < 4.78 is 0. The standard InChI is InChI=1S/C15H26N4/c1-3-11-5-7-12(8-6-11)9-17-15-13(4-2)14(16)18-10-19-15/h10-12H,3-9H2,1-2H3,(H3,16,17,18,19). The molecular weight excluding hydrogens is 236 g/mol. The lowest BCUT2D eigenvalue weighted by Crippen LogP contribution is -2.22. The second kappa shape index (κ2) is 6.73. The van der Waals surface area contributed by atoms with Crippen LogP contribution < -0.4 is 11.1 Å². The Kier molecular flexibility index (Phi) is 5.00. The van der Waals surface area contributed by atoms with Gasteiger partial charge in [0.1, 0.15) is 18.0 Å². The Hall–Kier alpha value is -1.32. The molecule has 0 bridgehead atoms. The van der Waals surface area contributed by atoms with E-state index in [1.165, 1.54) is 32.1 Å². The molecule has 0 aliphatic heterocycles. The zero-order chi connectivity index (χ0) is 13.7. The normalized spacial score (nSPS) is 23.3. The van der Waals surface area contributed by atoms with E-state index in [1.807, 2.05) is 0 Å². The molecule has 1 saturated carbocycles. The van der Waals surface area contributed by atoms with Crippen LogP contribution in [0.2, 0.25) is 0 Å². The summed E-state index contributed by atoms with van der Waals surface area (Å²) in [6, 6.07) is 0. The van der Waals surface area contributed by atoms with E-state index in [-0.39, 0.29) is 0 Å². The summed E-state index contributed by atoms with van der Waals surface area (Å²) in [5.41, 5.74) is 6.93. The van der Waals surface area contributed by atoms with Crippen molar-refractivity contribution < 1.29 is 0 Å². The highest BCUT2D eigenvalue weighted by atomic mass is 15.0. The van der Waals surface area contributed by atoms with Gasteiger partial charge in [0.15, 0.2) is 0 Å². The van der Waals surface area contributed by atoms with E-state index >= 15 is 0 Å². The number of rotatable bonds is 5. The topological polar surface area (TPSA) is 63.8 Å². The molecule has 0 atom stereocenters. The van der Waals surface area contributed by atoms with Gasteiger partial charge in [0.05, 0.1) is 0 Å². The lowest BCUT2D eigenvalue weighted by atomic mass is 9.81. The molecule has 0 unspecified atom stereocenters. The Morgan fingerprint density at radius 1 is 1.16 bits per heavy atom. The molecule has 4 heteroatoms. The second-order valence-electron chi connectivity index (χ2n) is 5.62. The van der Waals surface area contributed by atoms with Gasteiger partial charge in [-0.2, -0.15) is 0 Å². The van der Waals surface area contributed by atoms with E-state index in [2.05, 4.69) is 29.1 Å². The van der Waals surface area contributed by atoms with Crippen LogP contribution in [-0.4, -0.2) is 16.5 Å². The van der Waals surface area contributed by atoms with Gasteiger partial charge >= 0.3 is 0 Å². The number of nitrogens with two attached hydrogens (primary N) is 1. The summed E-state index contributed by atoms with van der Waals surface area (Å²) in [7, 11) is 0. The van der Waals surface area contributed by atoms with Crippen molar-refractivity contribution in [2.45, 2.75) is 52.4 Å². The maximum absolute atomic E-state index is 5.89. The van der Waals surface area contributed by atoms with Crippen LogP contribution in [0.4, 0.5) is 11.6 Å². The SMILES string of the molecule is CCc1c(N)ncnc1NCC1CCC(CC)CC1. The lowest BCUT2D eigenvalue weighted by molar-refractivity contribution is 0.278. The first-order valence-electron chi connectivity index (χ1n) is 7.57. The Morgan fingerprint density at radius 2 is 1.84 bits per heavy atom. The molecule has 1 fully saturated rings. The van der Waals surface area contributed by atoms with Crippen LogP contribution in [0.5, 0.6) is 0 Å². The number of nitrogen functional groups attached to an aromatic ring is 1. The van der Waals surface area contributed by atoms with E-state index in [0.29, 0.717) is 5.82 Å². The molecule has 0 spiro atoms. The van der Waals surface area contributed by atoms with Crippen molar-refractivity contribution in [1.82, 2.24) is 9.97 Å². The number of nitrogens with one attached hydrogen (secondary N) is 1. The Labute approximate surface area is 116 Å². The largest absolute Gasteiger partial charge is 0.383 e. The van der Waals surface area contributed by atoms with Crippen molar-refractivity contribution in [3.63, 3.8) is 0 Å². The van der Waals surface area contributed by atoms with Crippen LogP contribution in [0.15, 0.2) is 6.33 Å². The van der Waals surface area contributed by atoms with Gasteiger partial charge < -0.3 is 11.1 Å². The molecule has 106 valence electrons.